The van der Waals surface area contributed by atoms with Crippen LogP contribution in [0.5, 0.6) is 0 Å². The summed E-state index contributed by atoms with van der Waals surface area (Å²) in [6, 6.07) is 10.9. The first-order valence-corrected chi connectivity index (χ1v) is 3.02. The van der Waals surface area contributed by atoms with Crippen molar-refractivity contribution >= 4 is 6.08 Å². The van der Waals surface area contributed by atoms with E-state index in [0.29, 0.717) is 0 Å². The molecular formula is C9H9. The summed E-state index contributed by atoms with van der Waals surface area (Å²) in [5, 5.41) is 0. The summed E-state index contributed by atoms with van der Waals surface area (Å²) in [7, 11) is 0. The summed E-state index contributed by atoms with van der Waals surface area (Å²) < 4.78 is 0. The van der Waals surface area contributed by atoms with E-state index in [1.165, 1.54) is 5.56 Å². The molecule has 0 unspecified atom stereocenters. The van der Waals surface area contributed by atoms with Gasteiger partial charge in [-0.15, -0.1) is 0 Å². The first-order chi connectivity index (χ1) is 4.43. The van der Waals surface area contributed by atoms with Gasteiger partial charge in [-0.2, -0.15) is 0 Å². The highest BCUT2D eigenvalue weighted by atomic mass is 13.8. The smallest absolute Gasteiger partial charge is 0.0178 e. The van der Waals surface area contributed by atoms with Crippen molar-refractivity contribution in [3.05, 3.63) is 42.0 Å². The SMILES string of the molecule is CC=Cc1c[c]ccc1. The molecule has 1 aromatic carbocycles. The molecule has 9 heavy (non-hydrogen) atoms. The van der Waals surface area contributed by atoms with Crippen LogP contribution in [0.2, 0.25) is 0 Å². The number of hydrogen-bond acceptors (Lipinski definition) is 0. The van der Waals surface area contributed by atoms with Gasteiger partial charge in [0, 0.05) is 0 Å². The lowest BCUT2D eigenvalue weighted by Crippen LogP contribution is -1.66. The minimum atomic E-state index is 1.21. The molecule has 0 aliphatic rings. The first kappa shape index (κ1) is 6.09. The molecule has 0 nitrogen and oxygen atoms in total. The maximum atomic E-state index is 2.99. The molecule has 0 aromatic heterocycles. The molecule has 0 saturated heterocycles. The van der Waals surface area contributed by atoms with Crippen molar-refractivity contribution in [2.24, 2.45) is 0 Å². The Morgan fingerprint density at radius 2 is 2.44 bits per heavy atom. The average Bonchev–Trinajstić information content (AvgIpc) is 1.91. The van der Waals surface area contributed by atoms with Gasteiger partial charge in [-0.05, 0) is 24.6 Å². The lowest BCUT2D eigenvalue weighted by molar-refractivity contribution is 1.63. The number of allylic oxidation sites excluding steroid dienone is 1. The van der Waals surface area contributed by atoms with Crippen LogP contribution in [0.4, 0.5) is 0 Å². The first-order valence-electron chi connectivity index (χ1n) is 3.02. The highest BCUT2D eigenvalue weighted by Crippen LogP contribution is 1.98. The molecule has 45 valence electrons. The molecule has 0 amide bonds. The van der Waals surface area contributed by atoms with E-state index in [1.807, 2.05) is 31.2 Å². The molecule has 0 aliphatic heterocycles. The number of hydrogen-bond donors (Lipinski definition) is 0. The zero-order chi connectivity index (χ0) is 6.53. The lowest BCUT2D eigenvalue weighted by atomic mass is 10.2. The third-order valence-corrected chi connectivity index (χ3v) is 1.09. The number of benzene rings is 1. The van der Waals surface area contributed by atoms with E-state index in [0.717, 1.165) is 0 Å². The van der Waals surface area contributed by atoms with E-state index in [9.17, 15) is 0 Å². The summed E-state index contributed by atoms with van der Waals surface area (Å²) in [6.07, 6.45) is 4.07. The third-order valence-electron chi connectivity index (χ3n) is 1.09. The van der Waals surface area contributed by atoms with E-state index in [4.69, 9.17) is 0 Å². The Morgan fingerprint density at radius 1 is 1.56 bits per heavy atom. The highest BCUT2D eigenvalue weighted by molar-refractivity contribution is 5.47. The molecule has 1 rings (SSSR count). The largest absolute Gasteiger partial charge is 0.0871 e. The quantitative estimate of drug-likeness (QED) is 0.530. The molecule has 0 bridgehead atoms. The van der Waals surface area contributed by atoms with Gasteiger partial charge in [0.2, 0.25) is 0 Å². The normalized spacial score (nSPS) is 10.3. The van der Waals surface area contributed by atoms with Crippen molar-refractivity contribution in [3.8, 4) is 0 Å². The second-order valence-electron chi connectivity index (χ2n) is 1.84. The van der Waals surface area contributed by atoms with Gasteiger partial charge in [0.05, 0.1) is 0 Å². The van der Waals surface area contributed by atoms with Gasteiger partial charge in [0.1, 0.15) is 0 Å². The van der Waals surface area contributed by atoms with Gasteiger partial charge in [0.15, 0.2) is 0 Å². The average molecular weight is 117 g/mol. The van der Waals surface area contributed by atoms with Crippen molar-refractivity contribution in [2.45, 2.75) is 6.92 Å². The van der Waals surface area contributed by atoms with Crippen LogP contribution in [-0.2, 0) is 0 Å². The van der Waals surface area contributed by atoms with Gasteiger partial charge >= 0.3 is 0 Å². The van der Waals surface area contributed by atoms with Crippen molar-refractivity contribution in [1.29, 1.82) is 0 Å². The van der Waals surface area contributed by atoms with Crippen LogP contribution in [0.15, 0.2) is 30.3 Å². The third kappa shape index (κ3) is 1.73. The van der Waals surface area contributed by atoms with Crippen LogP contribution in [0, 0.1) is 6.07 Å². The summed E-state index contributed by atoms with van der Waals surface area (Å²) in [5.74, 6) is 0. The van der Waals surface area contributed by atoms with Crippen molar-refractivity contribution in [2.75, 3.05) is 0 Å². The lowest BCUT2D eigenvalue weighted by Gasteiger charge is -1.86. The molecule has 0 atom stereocenters. The second kappa shape index (κ2) is 3.08. The van der Waals surface area contributed by atoms with Crippen LogP contribution in [0.3, 0.4) is 0 Å². The summed E-state index contributed by atoms with van der Waals surface area (Å²) in [4.78, 5) is 0. The zero-order valence-corrected chi connectivity index (χ0v) is 5.46. The van der Waals surface area contributed by atoms with Crippen LogP contribution in [-0.4, -0.2) is 0 Å². The molecular weight excluding hydrogens is 108 g/mol. The van der Waals surface area contributed by atoms with Crippen LogP contribution >= 0.6 is 0 Å². The highest BCUT2D eigenvalue weighted by Gasteiger charge is 1.78. The fraction of sp³-hybridized carbons (Fsp3) is 0.111. The molecule has 0 aliphatic carbocycles. The van der Waals surface area contributed by atoms with E-state index in [1.54, 1.807) is 0 Å². The van der Waals surface area contributed by atoms with Crippen LogP contribution in [0.25, 0.3) is 6.08 Å². The standard InChI is InChI=1S/C9H9/c1-2-6-9-7-4-3-5-8-9/h2-4,6-8H,1H3. The molecule has 0 heteroatoms. The monoisotopic (exact) mass is 117 g/mol. The Morgan fingerprint density at radius 3 is 3.00 bits per heavy atom. The van der Waals surface area contributed by atoms with E-state index >= 15 is 0 Å². The second-order valence-corrected chi connectivity index (χ2v) is 1.84. The van der Waals surface area contributed by atoms with Gasteiger partial charge in [-0.25, -0.2) is 0 Å². The summed E-state index contributed by atoms with van der Waals surface area (Å²) in [5.41, 5.74) is 1.21. The van der Waals surface area contributed by atoms with Gasteiger partial charge in [-0.1, -0.05) is 30.4 Å². The van der Waals surface area contributed by atoms with Crippen LogP contribution < -0.4 is 0 Å². The van der Waals surface area contributed by atoms with Gasteiger partial charge < -0.3 is 0 Å². The molecule has 0 N–H and O–H groups in total. The van der Waals surface area contributed by atoms with Crippen molar-refractivity contribution in [1.82, 2.24) is 0 Å². The Kier molecular flexibility index (Phi) is 2.08. The summed E-state index contributed by atoms with van der Waals surface area (Å²) >= 11 is 0. The van der Waals surface area contributed by atoms with E-state index in [-0.39, 0.29) is 0 Å². The van der Waals surface area contributed by atoms with E-state index in [2.05, 4.69) is 18.2 Å². The van der Waals surface area contributed by atoms with Gasteiger partial charge in [0.25, 0.3) is 0 Å². The van der Waals surface area contributed by atoms with Gasteiger partial charge in [-0.3, -0.25) is 0 Å². The van der Waals surface area contributed by atoms with Crippen LogP contribution in [0.1, 0.15) is 12.5 Å². The van der Waals surface area contributed by atoms with Crippen molar-refractivity contribution < 1.29 is 0 Å². The predicted molar refractivity (Wildman–Crippen MR) is 40.0 cm³/mol. The molecule has 0 fully saturated rings. The Bertz CT molecular complexity index is 184. The maximum absolute atomic E-state index is 2.99. The Hall–Kier alpha value is -1.04. The predicted octanol–water partition coefficient (Wildman–Crippen LogP) is 2.52. The minimum Gasteiger partial charge on any atom is -0.0871 e. The fourth-order valence-corrected chi connectivity index (χ4v) is 0.703. The zero-order valence-electron chi connectivity index (χ0n) is 5.46. The minimum absolute atomic E-state index is 1.21. The Balaban J connectivity index is 2.85. The molecule has 0 heterocycles. The molecule has 1 radical (unpaired) electrons. The number of rotatable bonds is 1. The fourth-order valence-electron chi connectivity index (χ4n) is 0.703. The topological polar surface area (TPSA) is 0 Å². The molecule has 1 aromatic rings. The summed E-state index contributed by atoms with van der Waals surface area (Å²) in [6.45, 7) is 2.01. The van der Waals surface area contributed by atoms with Crippen molar-refractivity contribution in [3.63, 3.8) is 0 Å². The van der Waals surface area contributed by atoms with E-state index < -0.39 is 0 Å². The Labute approximate surface area is 55.8 Å². The maximum Gasteiger partial charge on any atom is -0.0178 e. The molecule has 0 saturated carbocycles. The molecule has 0 spiro atoms.